The van der Waals surface area contributed by atoms with Crippen LogP contribution in [0.25, 0.3) is 11.0 Å². The molecule has 0 radical (unpaired) electrons. The maximum Gasteiger partial charge on any atom is 0.139 e. The number of hydrogen-bond acceptors (Lipinski definition) is 1. The molecule has 2 aromatic rings. The first-order valence-corrected chi connectivity index (χ1v) is 7.90. The first-order chi connectivity index (χ1) is 9.17. The van der Waals surface area contributed by atoms with Crippen molar-refractivity contribution in [3.05, 3.63) is 28.2 Å². The van der Waals surface area contributed by atoms with E-state index in [1.54, 1.807) is 12.1 Å². The second kappa shape index (κ2) is 6.71. The van der Waals surface area contributed by atoms with E-state index >= 15 is 0 Å². The van der Waals surface area contributed by atoms with Crippen LogP contribution in [0, 0.1) is 5.82 Å². The molecule has 0 aliphatic heterocycles. The fourth-order valence-electron chi connectivity index (χ4n) is 2.21. The van der Waals surface area contributed by atoms with Crippen molar-refractivity contribution in [1.82, 2.24) is 9.55 Å². The highest BCUT2D eigenvalue weighted by molar-refractivity contribution is 9.10. The summed E-state index contributed by atoms with van der Waals surface area (Å²) in [6.45, 7) is 3.04. The van der Waals surface area contributed by atoms with Crippen LogP contribution in [0.5, 0.6) is 0 Å². The molecule has 1 heterocycles. The molecule has 1 aromatic carbocycles. The van der Waals surface area contributed by atoms with Gasteiger partial charge in [-0.2, -0.15) is 0 Å². The molecule has 0 unspecified atom stereocenters. The van der Waals surface area contributed by atoms with Crippen molar-refractivity contribution in [2.45, 2.75) is 39.2 Å². The Bertz CT molecular complexity index is 568. The standard InChI is InChI=1S/C14H17BrClFN2/c1-2-3-4-7-19-13-9-11(17)10(15)8-12(13)18-14(19)5-6-16/h8-9H,2-7H2,1H3. The van der Waals surface area contributed by atoms with E-state index in [0.29, 0.717) is 16.8 Å². The minimum atomic E-state index is -0.249. The molecular formula is C14H17BrClFN2. The largest absolute Gasteiger partial charge is 0.328 e. The van der Waals surface area contributed by atoms with Gasteiger partial charge >= 0.3 is 0 Å². The van der Waals surface area contributed by atoms with Crippen molar-refractivity contribution < 1.29 is 4.39 Å². The lowest BCUT2D eigenvalue weighted by Crippen LogP contribution is -2.05. The third-order valence-electron chi connectivity index (χ3n) is 3.17. The van der Waals surface area contributed by atoms with Crippen molar-refractivity contribution in [3.63, 3.8) is 0 Å². The van der Waals surface area contributed by atoms with Crippen LogP contribution >= 0.6 is 27.5 Å². The molecule has 5 heteroatoms. The van der Waals surface area contributed by atoms with Crippen molar-refractivity contribution in [2.24, 2.45) is 0 Å². The van der Waals surface area contributed by atoms with Crippen LogP contribution in [-0.4, -0.2) is 15.4 Å². The summed E-state index contributed by atoms with van der Waals surface area (Å²) >= 11 is 9.03. The molecule has 0 spiro atoms. The van der Waals surface area contributed by atoms with Gasteiger partial charge in [0.15, 0.2) is 0 Å². The molecule has 0 saturated carbocycles. The van der Waals surface area contributed by atoms with Gasteiger partial charge in [-0.15, -0.1) is 11.6 Å². The first kappa shape index (κ1) is 14.8. The van der Waals surface area contributed by atoms with Crippen molar-refractivity contribution in [2.75, 3.05) is 5.88 Å². The van der Waals surface area contributed by atoms with E-state index in [9.17, 15) is 4.39 Å². The lowest BCUT2D eigenvalue weighted by Gasteiger charge is -2.08. The zero-order valence-electron chi connectivity index (χ0n) is 10.9. The fraction of sp³-hybridized carbons (Fsp3) is 0.500. The number of rotatable bonds is 6. The Labute approximate surface area is 126 Å². The van der Waals surface area contributed by atoms with Gasteiger partial charge in [0.25, 0.3) is 0 Å². The highest BCUT2D eigenvalue weighted by Gasteiger charge is 2.12. The van der Waals surface area contributed by atoms with E-state index in [1.807, 2.05) is 0 Å². The molecule has 19 heavy (non-hydrogen) atoms. The number of unbranched alkanes of at least 4 members (excludes halogenated alkanes) is 2. The number of benzene rings is 1. The molecule has 0 aliphatic carbocycles. The first-order valence-electron chi connectivity index (χ1n) is 6.57. The molecule has 104 valence electrons. The topological polar surface area (TPSA) is 17.8 Å². The quantitative estimate of drug-likeness (QED) is 0.536. The molecule has 0 atom stereocenters. The lowest BCUT2D eigenvalue weighted by atomic mass is 10.2. The predicted octanol–water partition coefficient (Wildman–Crippen LogP) is 4.91. The molecule has 0 bridgehead atoms. The second-order valence-corrected chi connectivity index (χ2v) is 5.81. The maximum absolute atomic E-state index is 13.7. The van der Waals surface area contributed by atoms with E-state index in [4.69, 9.17) is 11.6 Å². The smallest absolute Gasteiger partial charge is 0.139 e. The average Bonchev–Trinajstić information content (AvgIpc) is 2.69. The normalized spacial score (nSPS) is 11.4. The summed E-state index contributed by atoms with van der Waals surface area (Å²) < 4.78 is 16.3. The summed E-state index contributed by atoms with van der Waals surface area (Å²) in [5.74, 6) is 1.22. The maximum atomic E-state index is 13.7. The highest BCUT2D eigenvalue weighted by Crippen LogP contribution is 2.25. The van der Waals surface area contributed by atoms with E-state index in [2.05, 4.69) is 32.4 Å². The van der Waals surface area contributed by atoms with Gasteiger partial charge in [0.2, 0.25) is 0 Å². The van der Waals surface area contributed by atoms with Gasteiger partial charge in [-0.1, -0.05) is 19.8 Å². The Kier molecular flexibility index (Phi) is 5.22. The monoisotopic (exact) mass is 346 g/mol. The second-order valence-electron chi connectivity index (χ2n) is 4.58. The number of hydrogen-bond donors (Lipinski definition) is 0. The Morgan fingerprint density at radius 2 is 2.16 bits per heavy atom. The molecular weight excluding hydrogens is 331 g/mol. The van der Waals surface area contributed by atoms with Gasteiger partial charge in [-0.05, 0) is 28.4 Å². The third kappa shape index (κ3) is 3.29. The van der Waals surface area contributed by atoms with Crippen LogP contribution in [0.3, 0.4) is 0 Å². The highest BCUT2D eigenvalue weighted by atomic mass is 79.9. The molecule has 0 saturated heterocycles. The zero-order valence-corrected chi connectivity index (χ0v) is 13.3. The number of aromatic nitrogens is 2. The number of imidazole rings is 1. The molecule has 0 fully saturated rings. The van der Waals surface area contributed by atoms with Gasteiger partial charge in [0.05, 0.1) is 15.5 Å². The fourth-order valence-corrected chi connectivity index (χ4v) is 2.72. The predicted molar refractivity (Wildman–Crippen MR) is 81.3 cm³/mol. The molecule has 2 rings (SSSR count). The summed E-state index contributed by atoms with van der Waals surface area (Å²) in [7, 11) is 0. The number of fused-ring (bicyclic) bond motifs is 1. The van der Waals surface area contributed by atoms with Crippen LogP contribution in [0.4, 0.5) is 4.39 Å². The van der Waals surface area contributed by atoms with E-state index in [0.717, 1.165) is 36.2 Å². The Morgan fingerprint density at radius 3 is 2.84 bits per heavy atom. The van der Waals surface area contributed by atoms with Crippen LogP contribution in [0.15, 0.2) is 16.6 Å². The number of nitrogens with zero attached hydrogens (tertiary/aromatic N) is 2. The Morgan fingerprint density at radius 1 is 1.37 bits per heavy atom. The molecule has 0 N–H and O–H groups in total. The molecule has 2 nitrogen and oxygen atoms in total. The van der Waals surface area contributed by atoms with Crippen LogP contribution in [-0.2, 0) is 13.0 Å². The van der Waals surface area contributed by atoms with Crippen molar-refractivity contribution >= 4 is 38.6 Å². The zero-order chi connectivity index (χ0) is 13.8. The lowest BCUT2D eigenvalue weighted by molar-refractivity contribution is 0.591. The number of aryl methyl sites for hydroxylation is 2. The molecule has 0 amide bonds. The third-order valence-corrected chi connectivity index (χ3v) is 3.97. The van der Waals surface area contributed by atoms with Gasteiger partial charge < -0.3 is 4.57 Å². The Hall–Kier alpha value is -0.610. The summed E-state index contributed by atoms with van der Waals surface area (Å²) in [5.41, 5.74) is 1.68. The van der Waals surface area contributed by atoms with Crippen LogP contribution < -0.4 is 0 Å². The number of halogens is 3. The van der Waals surface area contributed by atoms with Gasteiger partial charge in [-0.3, -0.25) is 0 Å². The molecule has 1 aromatic heterocycles. The van der Waals surface area contributed by atoms with Crippen LogP contribution in [0.2, 0.25) is 0 Å². The van der Waals surface area contributed by atoms with Crippen LogP contribution in [0.1, 0.15) is 32.0 Å². The minimum Gasteiger partial charge on any atom is -0.328 e. The van der Waals surface area contributed by atoms with E-state index in [-0.39, 0.29) is 5.82 Å². The Balaban J connectivity index is 2.43. The van der Waals surface area contributed by atoms with E-state index in [1.165, 1.54) is 6.42 Å². The van der Waals surface area contributed by atoms with Crippen molar-refractivity contribution in [3.8, 4) is 0 Å². The minimum absolute atomic E-state index is 0.249. The van der Waals surface area contributed by atoms with E-state index < -0.39 is 0 Å². The van der Waals surface area contributed by atoms with Gasteiger partial charge in [0, 0.05) is 24.9 Å². The summed E-state index contributed by atoms with van der Waals surface area (Å²) in [6, 6.07) is 3.29. The summed E-state index contributed by atoms with van der Waals surface area (Å²) in [5, 5.41) is 0. The SMILES string of the molecule is CCCCCn1c(CCCl)nc2cc(Br)c(F)cc21. The van der Waals surface area contributed by atoms with Gasteiger partial charge in [-0.25, -0.2) is 9.37 Å². The number of alkyl halides is 1. The van der Waals surface area contributed by atoms with Gasteiger partial charge in [0.1, 0.15) is 11.6 Å². The summed E-state index contributed by atoms with van der Waals surface area (Å²) in [6.07, 6.45) is 4.12. The average molecular weight is 348 g/mol. The summed E-state index contributed by atoms with van der Waals surface area (Å²) in [4.78, 5) is 4.56. The molecule has 0 aliphatic rings. The van der Waals surface area contributed by atoms with Crippen molar-refractivity contribution in [1.29, 1.82) is 0 Å².